The predicted octanol–water partition coefficient (Wildman–Crippen LogP) is 4.84. The second-order valence-corrected chi connectivity index (χ2v) is 8.58. The number of aryl methyl sites for hydroxylation is 2. The molecule has 2 aromatic heterocycles. The Morgan fingerprint density at radius 1 is 1.29 bits per heavy atom. The molecule has 0 unspecified atom stereocenters. The fraction of sp³-hybridized carbons (Fsp3) is 0.292. The maximum atomic E-state index is 13.0. The van der Waals surface area contributed by atoms with Crippen molar-refractivity contribution in [1.82, 2.24) is 4.57 Å². The number of esters is 1. The molecule has 0 saturated carbocycles. The number of para-hydroxylation sites is 1. The Labute approximate surface area is 184 Å². The first-order chi connectivity index (χ1) is 15.0. The Morgan fingerprint density at radius 3 is 2.84 bits per heavy atom. The molecule has 31 heavy (non-hydrogen) atoms. The number of thiophene rings is 1. The summed E-state index contributed by atoms with van der Waals surface area (Å²) in [5, 5.41) is 13.9. The summed E-state index contributed by atoms with van der Waals surface area (Å²) < 4.78 is 7.20. The monoisotopic (exact) mass is 433 g/mol. The van der Waals surface area contributed by atoms with Crippen LogP contribution in [0, 0.1) is 11.3 Å². The van der Waals surface area contributed by atoms with Gasteiger partial charge in [-0.1, -0.05) is 18.2 Å². The van der Waals surface area contributed by atoms with E-state index in [1.807, 2.05) is 48.1 Å². The summed E-state index contributed by atoms with van der Waals surface area (Å²) in [6.45, 7) is 2.02. The van der Waals surface area contributed by atoms with Crippen LogP contribution in [-0.2, 0) is 29.4 Å². The van der Waals surface area contributed by atoms with E-state index >= 15 is 0 Å². The SMILES string of the molecule is CCOC(=O)c1c(NC(=O)C(C#N)=Cc2cn(C)c3ccccc23)sc2c1CCCC2. The van der Waals surface area contributed by atoms with E-state index in [9.17, 15) is 14.9 Å². The molecule has 1 amide bonds. The fourth-order valence-electron chi connectivity index (χ4n) is 4.04. The molecule has 7 heteroatoms. The number of anilines is 1. The van der Waals surface area contributed by atoms with Gasteiger partial charge in [0.25, 0.3) is 5.91 Å². The Hall–Kier alpha value is -3.37. The van der Waals surface area contributed by atoms with Crippen molar-refractivity contribution in [3.05, 3.63) is 57.6 Å². The minimum Gasteiger partial charge on any atom is -0.462 e. The average molecular weight is 434 g/mol. The lowest BCUT2D eigenvalue weighted by molar-refractivity contribution is -0.112. The highest BCUT2D eigenvalue weighted by Gasteiger charge is 2.27. The Morgan fingerprint density at radius 2 is 2.06 bits per heavy atom. The van der Waals surface area contributed by atoms with Crippen LogP contribution in [0.25, 0.3) is 17.0 Å². The third-order valence-corrected chi connectivity index (χ3v) is 6.68. The van der Waals surface area contributed by atoms with Crippen LogP contribution < -0.4 is 5.32 Å². The van der Waals surface area contributed by atoms with Crippen LogP contribution in [0.2, 0.25) is 0 Å². The lowest BCUT2D eigenvalue weighted by atomic mass is 9.95. The van der Waals surface area contributed by atoms with Crippen molar-refractivity contribution in [3.8, 4) is 6.07 Å². The molecule has 0 bridgehead atoms. The summed E-state index contributed by atoms with van der Waals surface area (Å²) in [7, 11) is 1.92. The first-order valence-corrected chi connectivity index (χ1v) is 11.1. The molecular formula is C24H23N3O3S. The number of ether oxygens (including phenoxy) is 1. The smallest absolute Gasteiger partial charge is 0.341 e. The second kappa shape index (κ2) is 8.78. The minimum absolute atomic E-state index is 0.0162. The molecule has 0 fully saturated rings. The highest BCUT2D eigenvalue weighted by molar-refractivity contribution is 7.17. The number of carbonyl (C=O) groups is 2. The molecule has 1 aliphatic carbocycles. The van der Waals surface area contributed by atoms with Crippen molar-refractivity contribution in [1.29, 1.82) is 5.26 Å². The third-order valence-electron chi connectivity index (χ3n) is 5.47. The van der Waals surface area contributed by atoms with Gasteiger partial charge in [0.2, 0.25) is 0 Å². The molecule has 1 aromatic carbocycles. The van der Waals surface area contributed by atoms with Gasteiger partial charge < -0.3 is 14.6 Å². The predicted molar refractivity (Wildman–Crippen MR) is 122 cm³/mol. The molecule has 0 radical (unpaired) electrons. The van der Waals surface area contributed by atoms with E-state index in [-0.39, 0.29) is 12.2 Å². The number of nitrogens with zero attached hydrogens (tertiary/aromatic N) is 2. The average Bonchev–Trinajstić information content (AvgIpc) is 3.29. The molecule has 1 aliphatic rings. The quantitative estimate of drug-likeness (QED) is 0.354. The minimum atomic E-state index is -0.528. The largest absolute Gasteiger partial charge is 0.462 e. The van der Waals surface area contributed by atoms with E-state index in [0.29, 0.717) is 10.6 Å². The van der Waals surface area contributed by atoms with Gasteiger partial charge in [-0.25, -0.2) is 4.79 Å². The molecule has 2 heterocycles. The molecule has 0 spiro atoms. The van der Waals surface area contributed by atoms with E-state index in [4.69, 9.17) is 4.74 Å². The number of nitrogens with one attached hydrogen (secondary N) is 1. The molecule has 158 valence electrons. The summed E-state index contributed by atoms with van der Waals surface area (Å²) >= 11 is 1.41. The number of carbonyl (C=O) groups excluding carboxylic acids is 2. The van der Waals surface area contributed by atoms with Gasteiger partial charge in [-0.3, -0.25) is 4.79 Å². The van der Waals surface area contributed by atoms with Crippen LogP contribution >= 0.6 is 11.3 Å². The zero-order chi connectivity index (χ0) is 22.0. The molecule has 6 nitrogen and oxygen atoms in total. The van der Waals surface area contributed by atoms with Gasteiger partial charge in [-0.05, 0) is 50.3 Å². The van der Waals surface area contributed by atoms with Gasteiger partial charge in [0.15, 0.2) is 0 Å². The maximum Gasteiger partial charge on any atom is 0.341 e. The van der Waals surface area contributed by atoms with E-state index in [0.717, 1.165) is 52.6 Å². The Bertz CT molecular complexity index is 1240. The zero-order valence-electron chi connectivity index (χ0n) is 17.5. The van der Waals surface area contributed by atoms with Crippen molar-refractivity contribution in [2.75, 3.05) is 11.9 Å². The van der Waals surface area contributed by atoms with E-state index < -0.39 is 11.9 Å². The van der Waals surface area contributed by atoms with Gasteiger partial charge in [0, 0.05) is 34.6 Å². The summed E-state index contributed by atoms with van der Waals surface area (Å²) in [5.41, 5.74) is 3.21. The molecule has 0 saturated heterocycles. The zero-order valence-corrected chi connectivity index (χ0v) is 18.3. The topological polar surface area (TPSA) is 84.1 Å². The third kappa shape index (κ3) is 3.99. The number of hydrogen-bond donors (Lipinski definition) is 1. The molecular weight excluding hydrogens is 410 g/mol. The number of amides is 1. The number of hydrogen-bond acceptors (Lipinski definition) is 5. The van der Waals surface area contributed by atoms with Crippen LogP contribution in [0.15, 0.2) is 36.0 Å². The lowest BCUT2D eigenvalue weighted by Crippen LogP contribution is -2.16. The molecule has 4 rings (SSSR count). The molecule has 0 aliphatic heterocycles. The summed E-state index contributed by atoms with van der Waals surface area (Å²) in [5.74, 6) is -0.951. The standard InChI is InChI=1S/C24H23N3O3S/c1-3-30-24(29)21-18-9-5-7-11-20(18)31-23(21)26-22(28)15(13-25)12-16-14-27(2)19-10-6-4-8-17(16)19/h4,6,8,10,12,14H,3,5,7,9,11H2,1-2H3,(H,26,28). The van der Waals surface area contributed by atoms with Gasteiger partial charge in [0.1, 0.15) is 16.6 Å². The second-order valence-electron chi connectivity index (χ2n) is 7.47. The highest BCUT2D eigenvalue weighted by atomic mass is 32.1. The van der Waals surface area contributed by atoms with Crippen LogP contribution in [0.5, 0.6) is 0 Å². The van der Waals surface area contributed by atoms with Gasteiger partial charge in [-0.15, -0.1) is 11.3 Å². The highest BCUT2D eigenvalue weighted by Crippen LogP contribution is 2.39. The number of aromatic nitrogens is 1. The summed E-state index contributed by atoms with van der Waals surface area (Å²) in [6.07, 6.45) is 7.24. The van der Waals surface area contributed by atoms with E-state index in [1.54, 1.807) is 13.0 Å². The fourth-order valence-corrected chi connectivity index (χ4v) is 5.31. The molecule has 3 aromatic rings. The van der Waals surface area contributed by atoms with Gasteiger partial charge in [0.05, 0.1) is 12.2 Å². The van der Waals surface area contributed by atoms with Crippen LogP contribution in [0.4, 0.5) is 5.00 Å². The summed E-state index contributed by atoms with van der Waals surface area (Å²) in [4.78, 5) is 26.7. The molecule has 0 atom stereocenters. The normalized spacial score (nSPS) is 13.5. The van der Waals surface area contributed by atoms with Crippen LogP contribution in [0.3, 0.4) is 0 Å². The van der Waals surface area contributed by atoms with Crippen molar-refractivity contribution in [2.24, 2.45) is 7.05 Å². The number of nitriles is 1. The summed E-state index contributed by atoms with van der Waals surface area (Å²) in [6, 6.07) is 9.83. The van der Waals surface area contributed by atoms with Crippen molar-refractivity contribution in [3.63, 3.8) is 0 Å². The van der Waals surface area contributed by atoms with Crippen LogP contribution in [-0.4, -0.2) is 23.1 Å². The van der Waals surface area contributed by atoms with Crippen molar-refractivity contribution in [2.45, 2.75) is 32.6 Å². The van der Waals surface area contributed by atoms with Crippen molar-refractivity contribution >= 4 is 45.2 Å². The maximum absolute atomic E-state index is 13.0. The number of fused-ring (bicyclic) bond motifs is 2. The first kappa shape index (κ1) is 20.9. The number of benzene rings is 1. The van der Waals surface area contributed by atoms with Crippen molar-refractivity contribution < 1.29 is 14.3 Å². The van der Waals surface area contributed by atoms with E-state index in [1.165, 1.54) is 11.3 Å². The Balaban J connectivity index is 1.68. The van der Waals surface area contributed by atoms with Crippen LogP contribution in [0.1, 0.15) is 46.1 Å². The molecule has 1 N–H and O–H groups in total. The first-order valence-electron chi connectivity index (χ1n) is 10.3. The van der Waals surface area contributed by atoms with Gasteiger partial charge >= 0.3 is 5.97 Å². The lowest BCUT2D eigenvalue weighted by Gasteiger charge is -2.12. The Kier molecular flexibility index (Phi) is 5.92. The van der Waals surface area contributed by atoms with Gasteiger partial charge in [-0.2, -0.15) is 5.26 Å². The number of rotatable bonds is 5. The van der Waals surface area contributed by atoms with E-state index in [2.05, 4.69) is 5.32 Å².